The molecule has 1 atom stereocenters. The SMILES string of the molecule is C#CCC[C@H](C(=O)O)N1C(=O)c2ccccc2C1=O. The summed E-state index contributed by atoms with van der Waals surface area (Å²) in [5, 5.41) is 9.16. The number of aliphatic carboxylic acids is 1. The van der Waals surface area contributed by atoms with Gasteiger partial charge in [0.2, 0.25) is 0 Å². The summed E-state index contributed by atoms with van der Waals surface area (Å²) in [4.78, 5) is 36.2. The van der Waals surface area contributed by atoms with Gasteiger partial charge in [-0.3, -0.25) is 14.5 Å². The maximum atomic E-state index is 12.1. The largest absolute Gasteiger partial charge is 0.480 e. The average molecular weight is 257 g/mol. The van der Waals surface area contributed by atoms with Gasteiger partial charge in [0.05, 0.1) is 11.1 Å². The fourth-order valence-electron chi connectivity index (χ4n) is 2.07. The molecule has 1 aromatic rings. The Kier molecular flexibility index (Phi) is 3.34. The molecule has 2 rings (SSSR count). The Labute approximate surface area is 109 Å². The molecule has 1 aliphatic rings. The van der Waals surface area contributed by atoms with Crippen LogP contribution >= 0.6 is 0 Å². The smallest absolute Gasteiger partial charge is 0.326 e. The second-order valence-electron chi connectivity index (χ2n) is 4.12. The number of carbonyl (C=O) groups excluding carboxylic acids is 2. The van der Waals surface area contributed by atoms with Crippen molar-refractivity contribution in [3.63, 3.8) is 0 Å². The van der Waals surface area contributed by atoms with Crippen molar-refractivity contribution in [3.8, 4) is 12.3 Å². The summed E-state index contributed by atoms with van der Waals surface area (Å²) in [6.45, 7) is 0. The number of fused-ring (bicyclic) bond motifs is 1. The number of carboxylic acids is 1. The lowest BCUT2D eigenvalue weighted by atomic mass is 10.1. The summed E-state index contributed by atoms with van der Waals surface area (Å²) in [6.07, 6.45) is 5.34. The van der Waals surface area contributed by atoms with E-state index in [-0.39, 0.29) is 24.0 Å². The van der Waals surface area contributed by atoms with Crippen LogP contribution in [-0.2, 0) is 4.79 Å². The Hall–Kier alpha value is -2.61. The van der Waals surface area contributed by atoms with Crippen LogP contribution in [0.2, 0.25) is 0 Å². The van der Waals surface area contributed by atoms with Gasteiger partial charge >= 0.3 is 5.97 Å². The van der Waals surface area contributed by atoms with Crippen molar-refractivity contribution in [3.05, 3.63) is 35.4 Å². The first kappa shape index (κ1) is 12.8. The van der Waals surface area contributed by atoms with Crippen LogP contribution in [0.1, 0.15) is 33.6 Å². The van der Waals surface area contributed by atoms with E-state index >= 15 is 0 Å². The zero-order chi connectivity index (χ0) is 14.0. The minimum absolute atomic E-state index is 0.0529. The zero-order valence-electron chi connectivity index (χ0n) is 10.00. The molecular weight excluding hydrogens is 246 g/mol. The van der Waals surface area contributed by atoms with E-state index in [4.69, 9.17) is 11.5 Å². The van der Waals surface area contributed by atoms with E-state index in [2.05, 4.69) is 5.92 Å². The number of carbonyl (C=O) groups is 3. The molecule has 0 spiro atoms. The molecule has 0 radical (unpaired) electrons. The molecular formula is C14H11NO4. The number of rotatable bonds is 4. The number of carboxylic acid groups (broad SMARTS) is 1. The second kappa shape index (κ2) is 4.94. The van der Waals surface area contributed by atoms with Gasteiger partial charge in [0, 0.05) is 6.42 Å². The molecule has 0 unspecified atom stereocenters. The molecule has 0 saturated carbocycles. The summed E-state index contributed by atoms with van der Waals surface area (Å²) in [5.41, 5.74) is 0.471. The third-order valence-corrected chi connectivity index (χ3v) is 2.98. The number of imide groups is 1. The van der Waals surface area contributed by atoms with E-state index in [1.54, 1.807) is 12.1 Å². The molecule has 19 heavy (non-hydrogen) atoms. The highest BCUT2D eigenvalue weighted by molar-refractivity contribution is 6.22. The minimum atomic E-state index is -1.23. The van der Waals surface area contributed by atoms with Gasteiger partial charge in [0.25, 0.3) is 11.8 Å². The molecule has 0 aliphatic carbocycles. The Bertz CT molecular complexity index is 565. The van der Waals surface area contributed by atoms with Crippen molar-refractivity contribution in [2.75, 3.05) is 0 Å². The van der Waals surface area contributed by atoms with Crippen molar-refractivity contribution < 1.29 is 19.5 Å². The molecule has 1 aliphatic heterocycles. The van der Waals surface area contributed by atoms with Gasteiger partial charge in [-0.05, 0) is 18.6 Å². The van der Waals surface area contributed by atoms with Crippen molar-refractivity contribution in [2.45, 2.75) is 18.9 Å². The number of nitrogens with zero attached hydrogens (tertiary/aromatic N) is 1. The first-order valence-electron chi connectivity index (χ1n) is 5.71. The topological polar surface area (TPSA) is 74.7 Å². The van der Waals surface area contributed by atoms with Crippen LogP contribution in [0.15, 0.2) is 24.3 Å². The molecule has 1 aromatic carbocycles. The lowest BCUT2D eigenvalue weighted by Gasteiger charge is -2.21. The Morgan fingerprint density at radius 2 is 1.79 bits per heavy atom. The quantitative estimate of drug-likeness (QED) is 0.648. The number of benzene rings is 1. The molecule has 1 N–H and O–H groups in total. The standard InChI is InChI=1S/C14H11NO4/c1-2-3-8-11(14(18)19)15-12(16)9-6-4-5-7-10(9)13(15)17/h1,4-7,11H,3,8H2,(H,18,19)/t11-/m1/s1. The molecule has 0 fully saturated rings. The first-order valence-corrected chi connectivity index (χ1v) is 5.71. The third-order valence-electron chi connectivity index (χ3n) is 2.98. The van der Waals surface area contributed by atoms with Gasteiger partial charge in [0.15, 0.2) is 0 Å². The highest BCUT2D eigenvalue weighted by Gasteiger charge is 2.42. The normalized spacial score (nSPS) is 15.0. The summed E-state index contributed by atoms with van der Waals surface area (Å²) < 4.78 is 0. The van der Waals surface area contributed by atoms with E-state index < -0.39 is 23.8 Å². The number of hydrogen-bond donors (Lipinski definition) is 1. The van der Waals surface area contributed by atoms with Crippen molar-refractivity contribution in [2.24, 2.45) is 0 Å². The van der Waals surface area contributed by atoms with Crippen LogP contribution in [0.5, 0.6) is 0 Å². The molecule has 0 aromatic heterocycles. The van der Waals surface area contributed by atoms with Crippen LogP contribution in [0.3, 0.4) is 0 Å². The lowest BCUT2D eigenvalue weighted by molar-refractivity contribution is -0.141. The number of amides is 2. The van der Waals surface area contributed by atoms with Crippen LogP contribution < -0.4 is 0 Å². The van der Waals surface area contributed by atoms with Crippen LogP contribution in [0.4, 0.5) is 0 Å². The van der Waals surface area contributed by atoms with Gasteiger partial charge in [-0.2, -0.15) is 0 Å². The summed E-state index contributed by atoms with van der Waals surface area (Å²) in [6, 6.07) is 5.06. The monoisotopic (exact) mass is 257 g/mol. The summed E-state index contributed by atoms with van der Waals surface area (Å²) in [7, 11) is 0. The van der Waals surface area contributed by atoms with Gasteiger partial charge < -0.3 is 5.11 Å². The van der Waals surface area contributed by atoms with Gasteiger partial charge in [0.1, 0.15) is 6.04 Å². The zero-order valence-corrected chi connectivity index (χ0v) is 10.00. The Morgan fingerprint density at radius 1 is 1.26 bits per heavy atom. The molecule has 0 bridgehead atoms. The molecule has 2 amide bonds. The number of terminal acetylenes is 1. The van der Waals surface area contributed by atoms with Crippen molar-refractivity contribution in [1.82, 2.24) is 4.90 Å². The van der Waals surface area contributed by atoms with Crippen molar-refractivity contribution >= 4 is 17.8 Å². The van der Waals surface area contributed by atoms with Crippen LogP contribution in [-0.4, -0.2) is 33.8 Å². The Balaban J connectivity index is 2.37. The predicted octanol–water partition coefficient (Wildman–Crippen LogP) is 1.15. The van der Waals surface area contributed by atoms with E-state index in [9.17, 15) is 14.4 Å². The fourth-order valence-corrected chi connectivity index (χ4v) is 2.07. The van der Waals surface area contributed by atoms with Crippen LogP contribution in [0.25, 0.3) is 0 Å². The lowest BCUT2D eigenvalue weighted by Crippen LogP contribution is -2.44. The Morgan fingerprint density at radius 3 is 2.21 bits per heavy atom. The molecule has 0 saturated heterocycles. The van der Waals surface area contributed by atoms with Gasteiger partial charge in [-0.25, -0.2) is 4.79 Å². The summed E-state index contributed by atoms with van der Waals surface area (Å²) in [5.74, 6) is -0.0743. The molecule has 5 nitrogen and oxygen atoms in total. The van der Waals surface area contributed by atoms with E-state index in [0.717, 1.165) is 4.90 Å². The predicted molar refractivity (Wildman–Crippen MR) is 66.4 cm³/mol. The maximum Gasteiger partial charge on any atom is 0.326 e. The average Bonchev–Trinajstić information content (AvgIpc) is 2.64. The van der Waals surface area contributed by atoms with Crippen molar-refractivity contribution in [1.29, 1.82) is 0 Å². The van der Waals surface area contributed by atoms with E-state index in [1.807, 2.05) is 0 Å². The van der Waals surface area contributed by atoms with E-state index in [1.165, 1.54) is 12.1 Å². The highest BCUT2D eigenvalue weighted by atomic mass is 16.4. The van der Waals surface area contributed by atoms with Crippen LogP contribution in [0, 0.1) is 12.3 Å². The second-order valence-corrected chi connectivity index (χ2v) is 4.12. The van der Waals surface area contributed by atoms with Gasteiger partial charge in [-0.15, -0.1) is 12.3 Å². The molecule has 5 heteroatoms. The molecule has 1 heterocycles. The third kappa shape index (κ3) is 2.08. The maximum absolute atomic E-state index is 12.1. The number of hydrogen-bond acceptors (Lipinski definition) is 3. The molecule has 96 valence electrons. The first-order chi connectivity index (χ1) is 9.07. The van der Waals surface area contributed by atoms with Gasteiger partial charge in [-0.1, -0.05) is 12.1 Å². The minimum Gasteiger partial charge on any atom is -0.480 e. The van der Waals surface area contributed by atoms with E-state index in [0.29, 0.717) is 0 Å². The highest BCUT2D eigenvalue weighted by Crippen LogP contribution is 2.25. The summed E-state index contributed by atoms with van der Waals surface area (Å²) >= 11 is 0. The fraction of sp³-hybridized carbons (Fsp3) is 0.214.